The third-order valence-corrected chi connectivity index (χ3v) is 5.75. The molecule has 1 heterocycles. The second kappa shape index (κ2) is 18.7. The van der Waals surface area contributed by atoms with E-state index in [9.17, 15) is 19.2 Å². The molecular formula is C25H37N7O6S. The average Bonchev–Trinajstić information content (AvgIpc) is 3.39. The van der Waals surface area contributed by atoms with Crippen molar-refractivity contribution in [3.8, 4) is 0 Å². The van der Waals surface area contributed by atoms with Gasteiger partial charge in [0.25, 0.3) is 0 Å². The van der Waals surface area contributed by atoms with Crippen molar-refractivity contribution in [1.82, 2.24) is 16.0 Å². The molecule has 214 valence electrons. The Bertz CT molecular complexity index is 1140. The molecule has 0 radical (unpaired) electrons. The Labute approximate surface area is 231 Å². The van der Waals surface area contributed by atoms with E-state index in [1.165, 1.54) is 32.5 Å². The number of esters is 1. The average molecular weight is 564 g/mol. The molecule has 2 rings (SSSR count). The number of benzene rings is 1. The molecule has 0 aliphatic heterocycles. The Kier molecular flexibility index (Phi) is 16.6. The van der Waals surface area contributed by atoms with E-state index in [1.807, 2.05) is 31.2 Å². The summed E-state index contributed by atoms with van der Waals surface area (Å²) in [6.07, 6.45) is -0.341. The van der Waals surface area contributed by atoms with Crippen LogP contribution < -0.4 is 27.4 Å². The van der Waals surface area contributed by atoms with E-state index < -0.39 is 18.0 Å². The first-order chi connectivity index (χ1) is 18.3. The number of aryl methyl sites for hydroxylation is 1. The summed E-state index contributed by atoms with van der Waals surface area (Å²) in [5.41, 5.74) is 12.6. The van der Waals surface area contributed by atoms with Crippen LogP contribution in [0.5, 0.6) is 0 Å². The Balaban J connectivity index is 0.000000784. The molecule has 1 aromatic carbocycles. The van der Waals surface area contributed by atoms with E-state index in [0.717, 1.165) is 16.0 Å². The van der Waals surface area contributed by atoms with Crippen molar-refractivity contribution in [1.29, 1.82) is 10.8 Å². The second-order valence-corrected chi connectivity index (χ2v) is 8.92. The molecule has 1 aromatic heterocycles. The molecule has 1 atom stereocenters. The molecule has 0 saturated carbocycles. The Hall–Kier alpha value is -4.46. The lowest BCUT2D eigenvalue weighted by Gasteiger charge is -2.15. The normalized spacial score (nSPS) is 10.2. The number of ether oxygens (including phenoxy) is 2. The number of thiophene rings is 1. The van der Waals surface area contributed by atoms with Crippen molar-refractivity contribution in [3.63, 3.8) is 0 Å². The van der Waals surface area contributed by atoms with Gasteiger partial charge in [-0.15, -0.1) is 11.3 Å². The number of methoxy groups -OCH3 is 2. The maximum absolute atomic E-state index is 11.9. The topological polar surface area (TPSA) is 223 Å². The van der Waals surface area contributed by atoms with Crippen molar-refractivity contribution in [3.05, 3.63) is 57.3 Å². The van der Waals surface area contributed by atoms with Gasteiger partial charge in [-0.2, -0.15) is 0 Å². The van der Waals surface area contributed by atoms with Crippen LogP contribution in [-0.4, -0.2) is 62.4 Å². The van der Waals surface area contributed by atoms with Crippen LogP contribution in [0.2, 0.25) is 0 Å². The number of nitrogens with one attached hydrogen (secondary N) is 5. The van der Waals surface area contributed by atoms with Gasteiger partial charge in [-0.05, 0) is 31.5 Å². The largest absolute Gasteiger partial charge is 0.469 e. The third kappa shape index (κ3) is 15.4. The molecule has 3 amide bonds. The van der Waals surface area contributed by atoms with E-state index >= 15 is 0 Å². The fraction of sp³-hybridized carbons (Fsp3) is 0.360. The van der Waals surface area contributed by atoms with Gasteiger partial charge in [0, 0.05) is 17.4 Å². The van der Waals surface area contributed by atoms with Gasteiger partial charge in [0.05, 0.1) is 32.2 Å². The van der Waals surface area contributed by atoms with Crippen LogP contribution in [0.25, 0.3) is 0 Å². The predicted molar refractivity (Wildman–Crippen MR) is 150 cm³/mol. The fourth-order valence-corrected chi connectivity index (χ4v) is 3.33. The van der Waals surface area contributed by atoms with Crippen LogP contribution in [0.1, 0.15) is 41.1 Å². The van der Waals surface area contributed by atoms with Crippen LogP contribution in [0, 0.1) is 17.7 Å². The van der Waals surface area contributed by atoms with Gasteiger partial charge in [-0.1, -0.05) is 30.7 Å². The third-order valence-electron chi connectivity index (χ3n) is 4.63. The quantitative estimate of drug-likeness (QED) is 0.134. The van der Waals surface area contributed by atoms with Crippen LogP contribution in [0.3, 0.4) is 0 Å². The number of nitrogen functional groups attached to an aromatic ring is 2. The molecule has 13 nitrogen and oxygen atoms in total. The number of carbonyl (C=O) groups is 4. The molecule has 2 aromatic rings. The van der Waals surface area contributed by atoms with Crippen LogP contribution >= 0.6 is 11.3 Å². The first-order valence-electron chi connectivity index (χ1n) is 11.6. The number of nitrogens with two attached hydrogens (primary N) is 2. The fourth-order valence-electron chi connectivity index (χ4n) is 2.52. The molecule has 1 unspecified atom stereocenters. The molecule has 9 N–H and O–H groups in total. The summed E-state index contributed by atoms with van der Waals surface area (Å²) in [7, 11) is 2.55. The summed E-state index contributed by atoms with van der Waals surface area (Å²) < 4.78 is 8.54. The number of hydrogen-bond acceptors (Lipinski definition) is 9. The van der Waals surface area contributed by atoms with Gasteiger partial charge in [0.1, 0.15) is 17.7 Å². The smallest absolute Gasteiger partial charge is 0.407 e. The van der Waals surface area contributed by atoms with E-state index in [4.69, 9.17) is 22.3 Å². The van der Waals surface area contributed by atoms with Crippen LogP contribution in [0.15, 0.2) is 36.4 Å². The van der Waals surface area contributed by atoms with Gasteiger partial charge in [0.15, 0.2) is 0 Å². The molecule has 0 saturated heterocycles. The summed E-state index contributed by atoms with van der Waals surface area (Å²) >= 11 is 1.31. The molecule has 0 aliphatic carbocycles. The standard InChI is InChI=1S/C14H21N5O4S.C8H10N2.C3H6O2/c1-3-9(19-14(22)23-2)13(21)18-7-11(20)17-6-8-4-5-10(24-8)12(15)16;1-6-3-2-4-7(5-6)8(9)10;1-3(4)5-2/h4-5,9H,3,6-7H2,1-2H3,(H3,15,16)(H,17,20)(H,18,21)(H,19,22);2-5H,1H3,(H3,9,10);1-2H3. The maximum atomic E-state index is 11.9. The molecule has 14 heteroatoms. The minimum absolute atomic E-state index is 0.0199. The lowest BCUT2D eigenvalue weighted by Crippen LogP contribution is -2.48. The summed E-state index contributed by atoms with van der Waals surface area (Å²) in [5, 5.41) is 21.9. The van der Waals surface area contributed by atoms with Crippen LogP contribution in [-0.2, 0) is 30.4 Å². The highest BCUT2D eigenvalue weighted by molar-refractivity contribution is 7.14. The van der Waals surface area contributed by atoms with Gasteiger partial charge in [-0.3, -0.25) is 25.2 Å². The number of hydrogen-bond donors (Lipinski definition) is 7. The molecule has 0 fully saturated rings. The molecule has 0 bridgehead atoms. The van der Waals surface area contributed by atoms with Crippen molar-refractivity contribution >= 4 is 46.9 Å². The molecule has 39 heavy (non-hydrogen) atoms. The molecule has 0 aliphatic rings. The van der Waals surface area contributed by atoms with E-state index in [-0.39, 0.29) is 36.6 Å². The Morgan fingerprint density at radius 3 is 2.08 bits per heavy atom. The highest BCUT2D eigenvalue weighted by Crippen LogP contribution is 2.15. The zero-order chi connectivity index (χ0) is 30.0. The zero-order valence-corrected chi connectivity index (χ0v) is 23.5. The minimum Gasteiger partial charge on any atom is -0.469 e. The van der Waals surface area contributed by atoms with E-state index in [2.05, 4.69) is 25.4 Å². The summed E-state index contributed by atoms with van der Waals surface area (Å²) in [5.74, 6) is -0.968. The number of amides is 3. The van der Waals surface area contributed by atoms with Gasteiger partial charge in [-0.25, -0.2) is 4.79 Å². The van der Waals surface area contributed by atoms with Crippen molar-refractivity contribution in [2.75, 3.05) is 20.8 Å². The SMILES string of the molecule is CCC(NC(=O)OC)C(=O)NCC(=O)NCc1ccc(C(=N)N)s1.COC(C)=O.Cc1cccc(C(=N)N)c1. The van der Waals surface area contributed by atoms with Crippen molar-refractivity contribution in [2.24, 2.45) is 11.5 Å². The monoisotopic (exact) mass is 563 g/mol. The van der Waals surface area contributed by atoms with E-state index in [1.54, 1.807) is 19.1 Å². The van der Waals surface area contributed by atoms with Gasteiger partial charge < -0.3 is 36.9 Å². The minimum atomic E-state index is -0.763. The number of rotatable bonds is 9. The van der Waals surface area contributed by atoms with Crippen molar-refractivity contribution < 1.29 is 28.7 Å². The van der Waals surface area contributed by atoms with E-state index in [0.29, 0.717) is 11.3 Å². The Morgan fingerprint density at radius 1 is 1.00 bits per heavy atom. The summed E-state index contributed by atoms with van der Waals surface area (Å²) in [4.78, 5) is 45.8. The molecular weight excluding hydrogens is 526 g/mol. The van der Waals surface area contributed by atoms with Crippen molar-refractivity contribution in [2.45, 2.75) is 39.8 Å². The van der Waals surface area contributed by atoms with Gasteiger partial charge in [0.2, 0.25) is 11.8 Å². The maximum Gasteiger partial charge on any atom is 0.407 e. The first-order valence-corrected chi connectivity index (χ1v) is 12.4. The predicted octanol–water partition coefficient (Wildman–Crippen LogP) is 1.36. The molecule has 0 spiro atoms. The number of amidine groups is 2. The summed E-state index contributed by atoms with van der Waals surface area (Å²) in [6.45, 7) is 5.14. The lowest BCUT2D eigenvalue weighted by molar-refractivity contribution is -0.138. The summed E-state index contributed by atoms with van der Waals surface area (Å²) in [6, 6.07) is 10.3. The lowest BCUT2D eigenvalue weighted by atomic mass is 10.1. The number of alkyl carbamates (subject to hydrolysis) is 1. The highest BCUT2D eigenvalue weighted by atomic mass is 32.1. The Morgan fingerprint density at radius 2 is 1.64 bits per heavy atom. The first kappa shape index (κ1) is 34.5. The zero-order valence-electron chi connectivity index (χ0n) is 22.7. The number of carbonyl (C=O) groups excluding carboxylic acids is 4. The van der Waals surface area contributed by atoms with Crippen LogP contribution in [0.4, 0.5) is 4.79 Å². The second-order valence-electron chi connectivity index (χ2n) is 7.75. The van der Waals surface area contributed by atoms with Gasteiger partial charge >= 0.3 is 12.1 Å². The highest BCUT2D eigenvalue weighted by Gasteiger charge is 2.19.